The van der Waals surface area contributed by atoms with Crippen molar-refractivity contribution >= 4 is 33.4 Å². The van der Waals surface area contributed by atoms with Gasteiger partial charge in [-0.25, -0.2) is 0 Å². The van der Waals surface area contributed by atoms with Crippen molar-refractivity contribution in [3.8, 4) is 0 Å². The highest BCUT2D eigenvalue weighted by atomic mass is 16.3. The number of nitrogens with zero attached hydrogens (tertiary/aromatic N) is 1. The van der Waals surface area contributed by atoms with E-state index < -0.39 is 6.04 Å². The molecular formula is C19H15NO3. The number of benzene rings is 3. The van der Waals surface area contributed by atoms with Crippen molar-refractivity contribution in [2.75, 3.05) is 6.61 Å². The molecule has 1 aliphatic heterocycles. The number of imide groups is 1. The van der Waals surface area contributed by atoms with Gasteiger partial charge in [-0.15, -0.1) is 0 Å². The molecule has 0 aliphatic carbocycles. The van der Waals surface area contributed by atoms with E-state index in [9.17, 15) is 14.7 Å². The molecule has 2 amide bonds. The quantitative estimate of drug-likeness (QED) is 0.585. The van der Waals surface area contributed by atoms with Gasteiger partial charge in [0.1, 0.15) is 0 Å². The second kappa shape index (κ2) is 4.89. The summed E-state index contributed by atoms with van der Waals surface area (Å²) in [5.41, 5.74) is 1.07. The maximum absolute atomic E-state index is 13.0. The van der Waals surface area contributed by atoms with E-state index in [2.05, 4.69) is 0 Å². The molecule has 0 saturated heterocycles. The Morgan fingerprint density at radius 3 is 2.52 bits per heavy atom. The Balaban J connectivity index is 2.17. The SMILES string of the molecule is C[C@@H](CO)N1C(=O)c2cccc3cc4ccccc4c(c23)C1=O. The Morgan fingerprint density at radius 1 is 1.00 bits per heavy atom. The Kier molecular flexibility index (Phi) is 2.96. The minimum Gasteiger partial charge on any atom is -0.394 e. The Morgan fingerprint density at radius 2 is 1.74 bits per heavy atom. The average Bonchev–Trinajstić information content (AvgIpc) is 2.57. The average molecular weight is 305 g/mol. The van der Waals surface area contributed by atoms with Crippen molar-refractivity contribution in [1.29, 1.82) is 0 Å². The maximum Gasteiger partial charge on any atom is 0.262 e. The Hall–Kier alpha value is -2.72. The molecule has 0 aromatic heterocycles. The standard InChI is InChI=1S/C19H15NO3/c1-11(10-21)20-18(22)15-8-4-6-13-9-12-5-2-3-7-14(12)17(16(13)15)19(20)23/h2-9,11,21H,10H2,1H3/t11-/m0/s1. The van der Waals surface area contributed by atoms with Gasteiger partial charge in [0, 0.05) is 10.9 Å². The fourth-order valence-electron chi connectivity index (χ4n) is 3.35. The molecule has 1 atom stereocenters. The summed E-state index contributed by atoms with van der Waals surface area (Å²) >= 11 is 0. The predicted molar refractivity (Wildman–Crippen MR) is 88.5 cm³/mol. The zero-order chi connectivity index (χ0) is 16.1. The summed E-state index contributed by atoms with van der Waals surface area (Å²) in [5.74, 6) is -0.679. The van der Waals surface area contributed by atoms with Gasteiger partial charge in [-0.1, -0.05) is 36.4 Å². The molecule has 0 unspecified atom stereocenters. The number of rotatable bonds is 2. The van der Waals surface area contributed by atoms with Gasteiger partial charge in [-0.2, -0.15) is 0 Å². The van der Waals surface area contributed by atoms with Gasteiger partial charge in [-0.3, -0.25) is 14.5 Å². The maximum atomic E-state index is 13.0. The lowest BCUT2D eigenvalue weighted by Crippen LogP contribution is -2.47. The van der Waals surface area contributed by atoms with E-state index >= 15 is 0 Å². The first kappa shape index (κ1) is 13.9. The largest absolute Gasteiger partial charge is 0.394 e. The van der Waals surface area contributed by atoms with E-state index in [1.165, 1.54) is 4.90 Å². The first-order valence-corrected chi connectivity index (χ1v) is 7.56. The highest BCUT2D eigenvalue weighted by Crippen LogP contribution is 2.36. The molecule has 23 heavy (non-hydrogen) atoms. The van der Waals surface area contributed by atoms with Crippen LogP contribution < -0.4 is 0 Å². The first-order valence-electron chi connectivity index (χ1n) is 7.56. The van der Waals surface area contributed by atoms with Gasteiger partial charge in [-0.05, 0) is 35.2 Å². The second-order valence-corrected chi connectivity index (χ2v) is 5.89. The van der Waals surface area contributed by atoms with Crippen LogP contribution in [0, 0.1) is 0 Å². The molecule has 4 nitrogen and oxygen atoms in total. The van der Waals surface area contributed by atoms with Gasteiger partial charge < -0.3 is 5.11 Å². The first-order chi connectivity index (χ1) is 11.1. The molecule has 0 fully saturated rings. The van der Waals surface area contributed by atoms with Crippen LogP contribution in [0.15, 0.2) is 48.5 Å². The van der Waals surface area contributed by atoms with E-state index in [0.29, 0.717) is 16.5 Å². The highest BCUT2D eigenvalue weighted by Gasteiger charge is 2.36. The van der Waals surface area contributed by atoms with Crippen molar-refractivity contribution in [3.05, 3.63) is 59.7 Å². The zero-order valence-electron chi connectivity index (χ0n) is 12.6. The lowest BCUT2D eigenvalue weighted by atomic mass is 9.89. The number of aliphatic hydroxyl groups is 1. The predicted octanol–water partition coefficient (Wildman–Crippen LogP) is 2.97. The smallest absolute Gasteiger partial charge is 0.262 e. The van der Waals surface area contributed by atoms with Crippen LogP contribution in [-0.4, -0.2) is 34.5 Å². The van der Waals surface area contributed by atoms with Crippen LogP contribution in [0.5, 0.6) is 0 Å². The Bertz CT molecular complexity index is 977. The summed E-state index contributed by atoms with van der Waals surface area (Å²) in [6.45, 7) is 1.42. The number of carbonyl (C=O) groups excluding carboxylic acids is 2. The molecule has 4 heteroatoms. The van der Waals surface area contributed by atoms with Crippen LogP contribution in [0.1, 0.15) is 27.6 Å². The van der Waals surface area contributed by atoms with E-state index in [-0.39, 0.29) is 18.4 Å². The lowest BCUT2D eigenvalue weighted by molar-refractivity contribution is 0.0493. The molecule has 1 heterocycles. The normalized spacial score (nSPS) is 15.5. The number of carbonyl (C=O) groups is 2. The molecule has 1 N–H and O–H groups in total. The van der Waals surface area contributed by atoms with Crippen LogP contribution in [-0.2, 0) is 0 Å². The van der Waals surface area contributed by atoms with Gasteiger partial charge in [0.25, 0.3) is 11.8 Å². The zero-order valence-corrected chi connectivity index (χ0v) is 12.6. The summed E-state index contributed by atoms with van der Waals surface area (Å²) in [4.78, 5) is 26.9. The number of fused-ring (bicyclic) bond motifs is 2. The molecule has 4 rings (SSSR count). The van der Waals surface area contributed by atoms with Crippen molar-refractivity contribution in [3.63, 3.8) is 0 Å². The van der Waals surface area contributed by atoms with Crippen LogP contribution in [0.2, 0.25) is 0 Å². The van der Waals surface area contributed by atoms with E-state index in [0.717, 1.165) is 16.2 Å². The van der Waals surface area contributed by atoms with Gasteiger partial charge in [0.05, 0.1) is 18.2 Å². The third-order valence-corrected chi connectivity index (χ3v) is 4.47. The third-order valence-electron chi connectivity index (χ3n) is 4.47. The molecule has 0 spiro atoms. The molecule has 0 radical (unpaired) electrons. The molecule has 3 aromatic carbocycles. The highest BCUT2D eigenvalue weighted by molar-refractivity contribution is 6.30. The summed E-state index contributed by atoms with van der Waals surface area (Å²) in [5, 5.41) is 12.8. The monoisotopic (exact) mass is 305 g/mol. The van der Waals surface area contributed by atoms with Crippen molar-refractivity contribution in [1.82, 2.24) is 4.90 Å². The van der Waals surface area contributed by atoms with Crippen LogP contribution in [0.25, 0.3) is 21.5 Å². The number of hydrogen-bond acceptors (Lipinski definition) is 3. The van der Waals surface area contributed by atoms with Crippen molar-refractivity contribution in [2.45, 2.75) is 13.0 Å². The van der Waals surface area contributed by atoms with Crippen LogP contribution >= 0.6 is 0 Å². The lowest BCUT2D eigenvalue weighted by Gasteiger charge is -2.31. The number of amides is 2. The van der Waals surface area contributed by atoms with Crippen molar-refractivity contribution < 1.29 is 14.7 Å². The minimum atomic E-state index is -0.558. The van der Waals surface area contributed by atoms with E-state index in [1.807, 2.05) is 42.5 Å². The summed E-state index contributed by atoms with van der Waals surface area (Å²) in [6, 6.07) is 14.6. The van der Waals surface area contributed by atoms with Gasteiger partial charge >= 0.3 is 0 Å². The summed E-state index contributed by atoms with van der Waals surface area (Å²) in [7, 11) is 0. The van der Waals surface area contributed by atoms with Crippen LogP contribution in [0.4, 0.5) is 0 Å². The second-order valence-electron chi connectivity index (χ2n) is 5.89. The molecule has 0 saturated carbocycles. The molecule has 3 aromatic rings. The number of aliphatic hydroxyl groups excluding tert-OH is 1. The van der Waals surface area contributed by atoms with Crippen LogP contribution in [0.3, 0.4) is 0 Å². The van der Waals surface area contributed by atoms with Crippen molar-refractivity contribution in [2.24, 2.45) is 0 Å². The summed E-state index contributed by atoms with van der Waals surface area (Å²) < 4.78 is 0. The van der Waals surface area contributed by atoms with E-state index in [1.54, 1.807) is 13.0 Å². The molecule has 1 aliphatic rings. The molecular weight excluding hydrogens is 290 g/mol. The fraction of sp³-hybridized carbons (Fsp3) is 0.158. The number of hydrogen-bond donors (Lipinski definition) is 1. The minimum absolute atomic E-state index is 0.256. The Labute approximate surface area is 132 Å². The molecule has 0 bridgehead atoms. The molecule has 114 valence electrons. The van der Waals surface area contributed by atoms with E-state index in [4.69, 9.17) is 0 Å². The third kappa shape index (κ3) is 1.82. The van der Waals surface area contributed by atoms with Gasteiger partial charge in [0.2, 0.25) is 0 Å². The fourth-order valence-corrected chi connectivity index (χ4v) is 3.35. The summed E-state index contributed by atoms with van der Waals surface area (Å²) in [6.07, 6.45) is 0. The van der Waals surface area contributed by atoms with Gasteiger partial charge in [0.15, 0.2) is 0 Å². The topological polar surface area (TPSA) is 57.6 Å².